The normalized spacial score (nSPS) is 21.7. The molecule has 2 amide bonds. The molecule has 1 saturated heterocycles. The van der Waals surface area contributed by atoms with E-state index < -0.39 is 35.4 Å². The van der Waals surface area contributed by atoms with Crippen molar-refractivity contribution in [2.45, 2.75) is 17.6 Å². The Morgan fingerprint density at radius 3 is 2.55 bits per heavy atom. The third kappa shape index (κ3) is 3.31. The lowest BCUT2D eigenvalue weighted by Crippen LogP contribution is -2.72. The number of rotatable bonds is 6. The van der Waals surface area contributed by atoms with E-state index in [4.69, 9.17) is 9.84 Å². The first-order valence-corrected chi connectivity index (χ1v) is 6.82. The number of benzene rings is 1. The minimum atomic E-state index is -1.98. The van der Waals surface area contributed by atoms with Gasteiger partial charge in [-0.3, -0.25) is 14.5 Å². The van der Waals surface area contributed by atoms with Crippen LogP contribution in [0.15, 0.2) is 30.3 Å². The fourth-order valence-corrected chi connectivity index (χ4v) is 2.34. The van der Waals surface area contributed by atoms with Crippen LogP contribution in [0.4, 0.5) is 0 Å². The quantitative estimate of drug-likeness (QED) is 0.396. The molecule has 0 aliphatic carbocycles. The Kier molecular flexibility index (Phi) is 4.88. The Morgan fingerprint density at radius 1 is 1.36 bits per heavy atom. The minimum Gasteiger partial charge on any atom is -0.484 e. The molecule has 8 nitrogen and oxygen atoms in total. The number of para-hydroxylation sites is 1. The van der Waals surface area contributed by atoms with Gasteiger partial charge in [0.2, 0.25) is 6.23 Å². The minimum absolute atomic E-state index is 0.296. The monoisotopic (exact) mass is 326 g/mol. The number of thiol groups is 1. The van der Waals surface area contributed by atoms with Gasteiger partial charge in [0.05, 0.1) is 0 Å². The van der Waals surface area contributed by atoms with Crippen molar-refractivity contribution in [3.05, 3.63) is 30.3 Å². The number of hydrogen-bond donors (Lipinski definition) is 4. The highest BCUT2D eigenvalue weighted by molar-refractivity contribution is 7.81. The number of carboxylic acids is 1. The third-order valence-corrected chi connectivity index (χ3v) is 3.56. The fourth-order valence-electron chi connectivity index (χ4n) is 1.90. The number of likely N-dealkylation sites (tertiary alicyclic amines) is 1. The van der Waals surface area contributed by atoms with E-state index in [1.54, 1.807) is 30.3 Å². The maximum atomic E-state index is 11.7. The number of β-lactam (4-membered cyclic amide) rings is 1. The summed E-state index contributed by atoms with van der Waals surface area (Å²) >= 11 is 4.01. The SMILES string of the molecule is O=C(COc1ccccc1)N[C@@H]1C(=O)N(C(O)C(=O)O)[C@@H]1S. The molecule has 1 aliphatic heterocycles. The van der Waals surface area contributed by atoms with Crippen molar-refractivity contribution in [2.75, 3.05) is 6.61 Å². The number of aliphatic hydroxyl groups is 1. The molecule has 1 aromatic rings. The van der Waals surface area contributed by atoms with E-state index in [0.717, 1.165) is 0 Å². The van der Waals surface area contributed by atoms with Crippen molar-refractivity contribution in [1.82, 2.24) is 10.2 Å². The summed E-state index contributed by atoms with van der Waals surface area (Å²) in [4.78, 5) is 34.7. The molecule has 118 valence electrons. The summed E-state index contributed by atoms with van der Waals surface area (Å²) in [5, 5.41) is 19.4. The molecule has 9 heteroatoms. The van der Waals surface area contributed by atoms with Crippen molar-refractivity contribution < 1.29 is 29.3 Å². The highest BCUT2D eigenvalue weighted by atomic mass is 32.1. The summed E-state index contributed by atoms with van der Waals surface area (Å²) in [6, 6.07) is 7.65. The van der Waals surface area contributed by atoms with Gasteiger partial charge < -0.3 is 20.3 Å². The van der Waals surface area contributed by atoms with Crippen molar-refractivity contribution >= 4 is 30.4 Å². The summed E-state index contributed by atoms with van der Waals surface area (Å²) in [7, 11) is 0. The molecule has 0 aromatic heterocycles. The van der Waals surface area contributed by atoms with Gasteiger partial charge in [-0.05, 0) is 12.1 Å². The molecular weight excluding hydrogens is 312 g/mol. The molecule has 1 aromatic carbocycles. The smallest absolute Gasteiger partial charge is 0.354 e. The van der Waals surface area contributed by atoms with E-state index in [2.05, 4.69) is 17.9 Å². The lowest BCUT2D eigenvalue weighted by atomic mass is 10.1. The highest BCUT2D eigenvalue weighted by Gasteiger charge is 2.51. The molecule has 1 aliphatic rings. The van der Waals surface area contributed by atoms with Gasteiger partial charge in [0.15, 0.2) is 6.61 Å². The van der Waals surface area contributed by atoms with Crippen molar-refractivity contribution in [1.29, 1.82) is 0 Å². The second-order valence-corrected chi connectivity index (χ2v) is 5.05. The van der Waals surface area contributed by atoms with Gasteiger partial charge in [0.25, 0.3) is 11.8 Å². The lowest BCUT2D eigenvalue weighted by Gasteiger charge is -2.45. The Labute approximate surface area is 131 Å². The number of carbonyl (C=O) groups excluding carboxylic acids is 2. The molecule has 3 N–H and O–H groups in total. The molecule has 1 heterocycles. The maximum Gasteiger partial charge on any atom is 0.354 e. The van der Waals surface area contributed by atoms with Gasteiger partial charge in [-0.2, -0.15) is 12.6 Å². The van der Waals surface area contributed by atoms with Gasteiger partial charge in [-0.1, -0.05) is 18.2 Å². The average Bonchev–Trinajstić information content (AvgIpc) is 2.51. The zero-order valence-electron chi connectivity index (χ0n) is 11.2. The van der Waals surface area contributed by atoms with Crippen LogP contribution in [-0.4, -0.2) is 57.1 Å². The van der Waals surface area contributed by atoms with Crippen LogP contribution in [0.3, 0.4) is 0 Å². The molecule has 0 saturated carbocycles. The van der Waals surface area contributed by atoms with E-state index in [1.807, 2.05) is 0 Å². The second kappa shape index (κ2) is 6.67. The van der Waals surface area contributed by atoms with Crippen LogP contribution in [0, 0.1) is 0 Å². The van der Waals surface area contributed by atoms with Gasteiger partial charge >= 0.3 is 5.97 Å². The number of aliphatic carboxylic acids is 1. The Balaban J connectivity index is 1.83. The average molecular weight is 326 g/mol. The van der Waals surface area contributed by atoms with Crippen molar-refractivity contribution in [3.8, 4) is 5.75 Å². The molecule has 1 fully saturated rings. The standard InChI is InChI=1S/C13H14N2O6S/c16-8(6-21-7-4-2-1-3-5-7)14-9-10(17)15(12(9)22)11(18)13(19)20/h1-5,9,11-12,18,22H,6H2,(H,14,16)(H,19,20)/t9-,11?,12-/m1/s1. The van der Waals surface area contributed by atoms with E-state index in [9.17, 15) is 19.5 Å². The third-order valence-electron chi connectivity index (χ3n) is 3.02. The highest BCUT2D eigenvalue weighted by Crippen LogP contribution is 2.25. The van der Waals surface area contributed by atoms with Gasteiger partial charge in [-0.15, -0.1) is 0 Å². The van der Waals surface area contributed by atoms with E-state index in [0.29, 0.717) is 10.6 Å². The van der Waals surface area contributed by atoms with Crippen LogP contribution in [0.5, 0.6) is 5.75 Å². The van der Waals surface area contributed by atoms with Crippen LogP contribution >= 0.6 is 12.6 Å². The molecule has 22 heavy (non-hydrogen) atoms. The zero-order chi connectivity index (χ0) is 16.3. The summed E-state index contributed by atoms with van der Waals surface area (Å²) in [6.45, 7) is -0.296. The number of carbonyl (C=O) groups is 3. The topological polar surface area (TPSA) is 116 Å². The predicted molar refractivity (Wildman–Crippen MR) is 77.1 cm³/mol. The lowest BCUT2D eigenvalue weighted by molar-refractivity contribution is -0.178. The number of aliphatic hydroxyl groups excluding tert-OH is 1. The molecule has 2 rings (SSSR count). The number of ether oxygens (including phenoxy) is 1. The fraction of sp³-hybridized carbons (Fsp3) is 0.308. The largest absolute Gasteiger partial charge is 0.484 e. The molecule has 0 bridgehead atoms. The van der Waals surface area contributed by atoms with E-state index in [1.165, 1.54) is 0 Å². The molecule has 0 radical (unpaired) electrons. The van der Waals surface area contributed by atoms with Crippen molar-refractivity contribution in [2.24, 2.45) is 0 Å². The zero-order valence-corrected chi connectivity index (χ0v) is 12.1. The Hall–Kier alpha value is -2.26. The summed E-state index contributed by atoms with van der Waals surface area (Å²) in [6.07, 6.45) is -1.98. The molecule has 1 unspecified atom stereocenters. The Bertz CT molecular complexity index is 581. The van der Waals surface area contributed by atoms with Crippen molar-refractivity contribution in [3.63, 3.8) is 0 Å². The first-order valence-electron chi connectivity index (χ1n) is 6.30. The van der Waals surface area contributed by atoms with E-state index in [-0.39, 0.29) is 6.61 Å². The second-order valence-electron chi connectivity index (χ2n) is 4.52. The number of carboxylic acid groups (broad SMARTS) is 1. The summed E-state index contributed by atoms with van der Waals surface area (Å²) in [5.74, 6) is -2.33. The summed E-state index contributed by atoms with van der Waals surface area (Å²) in [5.41, 5.74) is 0. The van der Waals surface area contributed by atoms with Gasteiger partial charge in [0.1, 0.15) is 17.2 Å². The van der Waals surface area contributed by atoms with Crippen LogP contribution < -0.4 is 10.1 Å². The van der Waals surface area contributed by atoms with Crippen LogP contribution in [0.2, 0.25) is 0 Å². The van der Waals surface area contributed by atoms with Crippen LogP contribution in [0.25, 0.3) is 0 Å². The molecule has 3 atom stereocenters. The van der Waals surface area contributed by atoms with Crippen LogP contribution in [-0.2, 0) is 14.4 Å². The molecule has 0 spiro atoms. The maximum absolute atomic E-state index is 11.7. The Morgan fingerprint density at radius 2 is 2.00 bits per heavy atom. The van der Waals surface area contributed by atoms with Gasteiger partial charge in [0, 0.05) is 0 Å². The first kappa shape index (κ1) is 16.1. The number of amides is 2. The van der Waals surface area contributed by atoms with Crippen LogP contribution in [0.1, 0.15) is 0 Å². The van der Waals surface area contributed by atoms with E-state index >= 15 is 0 Å². The molecular formula is C13H14N2O6S. The number of hydrogen-bond acceptors (Lipinski definition) is 6. The first-order chi connectivity index (χ1) is 10.4. The van der Waals surface area contributed by atoms with Gasteiger partial charge in [-0.25, -0.2) is 4.79 Å². The summed E-state index contributed by atoms with van der Waals surface area (Å²) < 4.78 is 5.21. The number of nitrogens with one attached hydrogen (secondary N) is 1. The number of nitrogens with zero attached hydrogens (tertiary/aromatic N) is 1. The predicted octanol–water partition coefficient (Wildman–Crippen LogP) is -0.949.